The van der Waals surface area contributed by atoms with E-state index in [0.29, 0.717) is 13.1 Å². The molecule has 28 heavy (non-hydrogen) atoms. The van der Waals surface area contributed by atoms with Crippen LogP contribution in [0.3, 0.4) is 0 Å². The van der Waals surface area contributed by atoms with E-state index in [2.05, 4.69) is 15.3 Å². The summed E-state index contributed by atoms with van der Waals surface area (Å²) in [5.74, 6) is -0.472. The number of anilines is 1. The van der Waals surface area contributed by atoms with E-state index in [0.717, 1.165) is 27.5 Å². The zero-order valence-corrected chi connectivity index (χ0v) is 16.3. The highest BCUT2D eigenvalue weighted by Crippen LogP contribution is 2.26. The van der Waals surface area contributed by atoms with Crippen LogP contribution in [-0.2, 0) is 16.1 Å². The van der Waals surface area contributed by atoms with Crippen LogP contribution in [-0.4, -0.2) is 28.3 Å². The van der Waals surface area contributed by atoms with Crippen LogP contribution >= 0.6 is 11.3 Å². The van der Waals surface area contributed by atoms with Gasteiger partial charge in [-0.2, -0.15) is 0 Å². The van der Waals surface area contributed by atoms with Crippen LogP contribution in [0.15, 0.2) is 54.2 Å². The number of hydrogen-bond donors (Lipinski definition) is 1. The van der Waals surface area contributed by atoms with Gasteiger partial charge in [-0.15, -0.1) is 11.3 Å². The molecule has 0 spiro atoms. The SMILES string of the molecule is Cc1ccc(N2CC(C(=O)NCc3csc(-c4cccnc4)n3)CC2=O)cc1. The van der Waals surface area contributed by atoms with Crippen molar-refractivity contribution in [2.24, 2.45) is 5.92 Å². The fraction of sp³-hybridized carbons (Fsp3) is 0.238. The molecule has 3 heterocycles. The molecule has 1 aliphatic heterocycles. The molecule has 4 rings (SSSR count). The maximum Gasteiger partial charge on any atom is 0.227 e. The Balaban J connectivity index is 1.35. The summed E-state index contributed by atoms with van der Waals surface area (Å²) < 4.78 is 0. The van der Waals surface area contributed by atoms with Crippen LogP contribution in [0, 0.1) is 12.8 Å². The summed E-state index contributed by atoms with van der Waals surface area (Å²) >= 11 is 1.52. The number of nitrogens with zero attached hydrogens (tertiary/aromatic N) is 3. The van der Waals surface area contributed by atoms with Crippen molar-refractivity contribution in [3.8, 4) is 10.6 Å². The molecule has 1 N–H and O–H groups in total. The minimum atomic E-state index is -0.342. The quantitative estimate of drug-likeness (QED) is 0.724. The highest BCUT2D eigenvalue weighted by Gasteiger charge is 2.35. The highest BCUT2D eigenvalue weighted by atomic mass is 32.1. The normalized spacial score (nSPS) is 16.4. The summed E-state index contributed by atoms with van der Waals surface area (Å²) in [6.07, 6.45) is 3.73. The van der Waals surface area contributed by atoms with Crippen LogP contribution in [0.2, 0.25) is 0 Å². The van der Waals surface area contributed by atoms with Crippen molar-refractivity contribution in [1.82, 2.24) is 15.3 Å². The minimum Gasteiger partial charge on any atom is -0.350 e. The van der Waals surface area contributed by atoms with Gasteiger partial charge in [0.1, 0.15) is 5.01 Å². The van der Waals surface area contributed by atoms with Crippen LogP contribution in [0.5, 0.6) is 0 Å². The average molecular weight is 392 g/mol. The van der Waals surface area contributed by atoms with Crippen LogP contribution in [0.4, 0.5) is 5.69 Å². The molecule has 1 atom stereocenters. The molecule has 6 nitrogen and oxygen atoms in total. The van der Waals surface area contributed by atoms with Gasteiger partial charge in [0.25, 0.3) is 0 Å². The number of benzene rings is 1. The number of hydrogen-bond acceptors (Lipinski definition) is 5. The Hall–Kier alpha value is -3.06. The molecule has 3 aromatic rings. The van der Waals surface area contributed by atoms with E-state index in [1.54, 1.807) is 17.3 Å². The summed E-state index contributed by atoms with van der Waals surface area (Å²) in [5.41, 5.74) is 3.74. The first-order chi connectivity index (χ1) is 13.6. The van der Waals surface area contributed by atoms with Gasteiger partial charge < -0.3 is 10.2 Å². The Labute approximate surface area is 167 Å². The van der Waals surface area contributed by atoms with Gasteiger partial charge in [0.15, 0.2) is 0 Å². The molecule has 142 valence electrons. The first kappa shape index (κ1) is 18.3. The molecule has 1 unspecified atom stereocenters. The van der Waals surface area contributed by atoms with Crippen molar-refractivity contribution in [2.45, 2.75) is 19.9 Å². The topological polar surface area (TPSA) is 75.2 Å². The lowest BCUT2D eigenvalue weighted by atomic mass is 10.1. The second kappa shape index (κ2) is 7.90. The molecule has 1 saturated heterocycles. The number of carbonyl (C=O) groups is 2. The van der Waals surface area contributed by atoms with E-state index in [-0.39, 0.29) is 24.2 Å². The third-order valence-corrected chi connectivity index (χ3v) is 5.69. The fourth-order valence-electron chi connectivity index (χ4n) is 3.19. The number of nitrogens with one attached hydrogen (secondary N) is 1. The van der Waals surface area contributed by atoms with Crippen LogP contribution < -0.4 is 10.2 Å². The second-order valence-electron chi connectivity index (χ2n) is 6.84. The molecule has 1 aliphatic rings. The van der Waals surface area contributed by atoms with Gasteiger partial charge in [0.05, 0.1) is 18.2 Å². The van der Waals surface area contributed by atoms with Crippen molar-refractivity contribution < 1.29 is 9.59 Å². The first-order valence-electron chi connectivity index (χ1n) is 9.10. The third kappa shape index (κ3) is 3.94. The molecule has 1 aromatic carbocycles. The van der Waals surface area contributed by atoms with E-state index in [9.17, 15) is 9.59 Å². The molecule has 0 saturated carbocycles. The maximum atomic E-state index is 12.5. The van der Waals surface area contributed by atoms with E-state index in [1.807, 2.05) is 48.7 Å². The number of thiazole rings is 1. The monoisotopic (exact) mass is 392 g/mol. The summed E-state index contributed by atoms with van der Waals surface area (Å²) in [5, 5.41) is 5.72. The maximum absolute atomic E-state index is 12.5. The number of rotatable bonds is 5. The van der Waals surface area contributed by atoms with Gasteiger partial charge in [-0.1, -0.05) is 17.7 Å². The largest absolute Gasteiger partial charge is 0.350 e. The van der Waals surface area contributed by atoms with Crippen molar-refractivity contribution >= 4 is 28.8 Å². The first-order valence-corrected chi connectivity index (χ1v) is 9.97. The smallest absolute Gasteiger partial charge is 0.227 e. The third-order valence-electron chi connectivity index (χ3n) is 4.75. The zero-order chi connectivity index (χ0) is 19.5. The lowest BCUT2D eigenvalue weighted by Gasteiger charge is -2.16. The van der Waals surface area contributed by atoms with Crippen molar-refractivity contribution in [1.29, 1.82) is 0 Å². The molecule has 7 heteroatoms. The van der Waals surface area contributed by atoms with Crippen molar-refractivity contribution in [2.75, 3.05) is 11.4 Å². The standard InChI is InChI=1S/C21H20N4O2S/c1-14-4-6-18(7-5-14)25-12-16(9-19(25)26)20(27)23-11-17-13-28-21(24-17)15-3-2-8-22-10-15/h2-8,10,13,16H,9,11-12H2,1H3,(H,23,27). The number of amides is 2. The van der Waals surface area contributed by atoms with Gasteiger partial charge in [0.2, 0.25) is 11.8 Å². The van der Waals surface area contributed by atoms with E-state index in [1.165, 1.54) is 11.3 Å². The summed E-state index contributed by atoms with van der Waals surface area (Å²) in [4.78, 5) is 35.2. The summed E-state index contributed by atoms with van der Waals surface area (Å²) in [6.45, 7) is 2.76. The zero-order valence-electron chi connectivity index (χ0n) is 15.5. The number of pyridine rings is 1. The fourth-order valence-corrected chi connectivity index (χ4v) is 4.00. The van der Waals surface area contributed by atoms with Crippen LogP contribution in [0.25, 0.3) is 10.6 Å². The molecular formula is C21H20N4O2S. The summed E-state index contributed by atoms with van der Waals surface area (Å²) in [6, 6.07) is 11.6. The molecule has 0 radical (unpaired) electrons. The van der Waals surface area contributed by atoms with Gasteiger partial charge in [-0.05, 0) is 31.2 Å². The van der Waals surface area contributed by atoms with E-state index >= 15 is 0 Å². The Kier molecular flexibility index (Phi) is 5.16. The van der Waals surface area contributed by atoms with Crippen molar-refractivity contribution in [3.63, 3.8) is 0 Å². The van der Waals surface area contributed by atoms with Crippen molar-refractivity contribution in [3.05, 3.63) is 65.4 Å². The lowest BCUT2D eigenvalue weighted by Crippen LogP contribution is -2.32. The molecule has 0 aliphatic carbocycles. The molecule has 1 fully saturated rings. The number of aromatic nitrogens is 2. The molecular weight excluding hydrogens is 372 g/mol. The van der Waals surface area contributed by atoms with Gasteiger partial charge in [-0.25, -0.2) is 4.98 Å². The van der Waals surface area contributed by atoms with Crippen LogP contribution in [0.1, 0.15) is 17.7 Å². The van der Waals surface area contributed by atoms with E-state index < -0.39 is 0 Å². The molecule has 2 aromatic heterocycles. The predicted octanol–water partition coefficient (Wildman–Crippen LogP) is 3.18. The number of carbonyl (C=O) groups excluding carboxylic acids is 2. The highest BCUT2D eigenvalue weighted by molar-refractivity contribution is 7.13. The average Bonchev–Trinajstić information content (AvgIpc) is 3.34. The lowest BCUT2D eigenvalue weighted by molar-refractivity contribution is -0.126. The van der Waals surface area contributed by atoms with E-state index in [4.69, 9.17) is 0 Å². The Morgan fingerprint density at radius 1 is 1.29 bits per heavy atom. The molecule has 0 bridgehead atoms. The number of aryl methyl sites for hydroxylation is 1. The minimum absolute atomic E-state index is 0.0171. The molecule has 2 amide bonds. The van der Waals surface area contributed by atoms with Gasteiger partial charge in [-0.3, -0.25) is 14.6 Å². The second-order valence-corrected chi connectivity index (χ2v) is 7.70. The summed E-state index contributed by atoms with van der Waals surface area (Å²) in [7, 11) is 0. The Morgan fingerprint density at radius 3 is 2.86 bits per heavy atom. The van der Waals surface area contributed by atoms with Gasteiger partial charge in [0, 0.05) is 42.0 Å². The van der Waals surface area contributed by atoms with Gasteiger partial charge >= 0.3 is 0 Å². The predicted molar refractivity (Wildman–Crippen MR) is 109 cm³/mol. The Morgan fingerprint density at radius 2 is 2.11 bits per heavy atom. The Bertz CT molecular complexity index is 985.